The van der Waals surface area contributed by atoms with Gasteiger partial charge in [-0.05, 0) is 80.7 Å². The van der Waals surface area contributed by atoms with Crippen molar-refractivity contribution in [2.45, 2.75) is 6.92 Å². The zero-order chi connectivity index (χ0) is 30.0. The van der Waals surface area contributed by atoms with Crippen LogP contribution in [0.15, 0.2) is 66.4 Å². The molecule has 1 aliphatic rings. The second-order valence-corrected chi connectivity index (χ2v) is 10.1. The van der Waals surface area contributed by atoms with Gasteiger partial charge in [-0.1, -0.05) is 0 Å². The number of carbonyl (C=O) groups excluding carboxylic acids is 3. The van der Waals surface area contributed by atoms with Crippen LogP contribution in [-0.2, 0) is 7.05 Å². The molecule has 0 bridgehead atoms. The topological polar surface area (TPSA) is 114 Å². The number of aryl methyl sites for hydroxylation is 1. The van der Waals surface area contributed by atoms with E-state index in [-0.39, 0.29) is 17.4 Å². The van der Waals surface area contributed by atoms with Gasteiger partial charge in [-0.2, -0.15) is 0 Å². The van der Waals surface area contributed by atoms with Gasteiger partial charge in [0, 0.05) is 66.3 Å². The first-order chi connectivity index (χ1) is 20.2. The minimum absolute atomic E-state index is 0.102. The van der Waals surface area contributed by atoms with Crippen molar-refractivity contribution in [3.05, 3.63) is 88.8 Å². The van der Waals surface area contributed by atoms with E-state index < -0.39 is 6.03 Å². The third-order valence-electron chi connectivity index (χ3n) is 7.38. The third-order valence-corrected chi connectivity index (χ3v) is 7.38. The van der Waals surface area contributed by atoms with Crippen molar-refractivity contribution < 1.29 is 23.9 Å². The van der Waals surface area contributed by atoms with Gasteiger partial charge in [0.1, 0.15) is 11.5 Å². The largest absolute Gasteiger partial charge is 0.497 e. The summed E-state index contributed by atoms with van der Waals surface area (Å²) >= 11 is 0. The molecule has 10 heteroatoms. The summed E-state index contributed by atoms with van der Waals surface area (Å²) in [6.07, 6.45) is 1.76. The summed E-state index contributed by atoms with van der Waals surface area (Å²) in [5.74, 6) is 0.980. The third kappa shape index (κ3) is 5.57. The van der Waals surface area contributed by atoms with E-state index in [1.54, 1.807) is 67.6 Å². The molecule has 1 aliphatic heterocycles. The molecular formula is C32H33N5O5. The highest BCUT2D eigenvalue weighted by molar-refractivity contribution is 6.16. The maximum absolute atomic E-state index is 13.3. The molecule has 216 valence electrons. The first kappa shape index (κ1) is 28.4. The predicted octanol–water partition coefficient (Wildman–Crippen LogP) is 5.05. The Balaban J connectivity index is 1.28. The molecule has 0 aliphatic carbocycles. The van der Waals surface area contributed by atoms with E-state index in [9.17, 15) is 14.4 Å². The summed E-state index contributed by atoms with van der Waals surface area (Å²) < 4.78 is 13.4. The maximum Gasteiger partial charge on any atom is 0.323 e. The number of carbonyl (C=O) groups is 3. The molecule has 4 aromatic rings. The Bertz CT molecular complexity index is 1720. The van der Waals surface area contributed by atoms with Crippen LogP contribution in [0.2, 0.25) is 0 Å². The number of nitrogens with zero attached hydrogens (tertiary/aromatic N) is 2. The van der Waals surface area contributed by atoms with Crippen LogP contribution in [0.5, 0.6) is 11.5 Å². The minimum atomic E-state index is -0.484. The lowest BCUT2D eigenvalue weighted by atomic mass is 10.1. The van der Waals surface area contributed by atoms with Gasteiger partial charge in [0.15, 0.2) is 5.76 Å². The second-order valence-electron chi connectivity index (χ2n) is 10.1. The van der Waals surface area contributed by atoms with Crippen molar-refractivity contribution in [2.24, 2.45) is 7.05 Å². The average Bonchev–Trinajstić information content (AvgIpc) is 3.43. The highest BCUT2D eigenvalue weighted by Gasteiger charge is 2.29. The number of aromatic nitrogens is 1. The first-order valence-corrected chi connectivity index (χ1v) is 13.5. The lowest BCUT2D eigenvalue weighted by Crippen LogP contribution is -2.32. The van der Waals surface area contributed by atoms with Gasteiger partial charge in [0.25, 0.3) is 5.91 Å². The first-order valence-electron chi connectivity index (χ1n) is 13.5. The summed E-state index contributed by atoms with van der Waals surface area (Å²) in [6, 6.07) is 16.9. The highest BCUT2D eigenvalue weighted by atomic mass is 16.5. The molecule has 42 heavy (non-hydrogen) atoms. The number of rotatable bonds is 8. The number of ether oxygens (including phenoxy) is 2. The van der Waals surface area contributed by atoms with Crippen LogP contribution in [0.3, 0.4) is 0 Å². The number of urea groups is 1. The minimum Gasteiger partial charge on any atom is -0.497 e. The normalized spacial score (nSPS) is 13.2. The van der Waals surface area contributed by atoms with E-state index in [2.05, 4.69) is 20.5 Å². The molecule has 0 unspecified atom stereocenters. The number of anilines is 2. The van der Waals surface area contributed by atoms with Crippen molar-refractivity contribution >= 4 is 46.1 Å². The molecular weight excluding hydrogens is 534 g/mol. The number of nitrogens with one attached hydrogen (secondary N) is 3. The van der Waals surface area contributed by atoms with Crippen molar-refractivity contribution in [1.29, 1.82) is 0 Å². The molecule has 3 N–H and O–H groups in total. The number of Topliss-reactive ketones (excluding diaryl/α,β-unsaturated/α-hetero) is 1. The number of ketones is 1. The lowest BCUT2D eigenvalue weighted by molar-refractivity contribution is 0.0796. The molecule has 10 nitrogen and oxygen atoms in total. The fourth-order valence-corrected chi connectivity index (χ4v) is 4.88. The Morgan fingerprint density at radius 2 is 1.74 bits per heavy atom. The summed E-state index contributed by atoms with van der Waals surface area (Å²) in [4.78, 5) is 40.2. The molecule has 5 rings (SSSR count). The average molecular weight is 568 g/mol. The van der Waals surface area contributed by atoms with Gasteiger partial charge in [-0.15, -0.1) is 0 Å². The Labute approximate surface area is 243 Å². The standard InChI is InChI=1S/C32H33N5O5/c1-19-24(25-17-23(41-5)11-12-27(25)37(19)4)18-29-30(38)26-16-22(10-13-28(26)42-29)35-32(40)34-21-8-6-20(7-9-21)31(39)36(3)15-14-33-2/h6-13,16-18,33H,14-15H2,1-5H3,(H2,34,35,40). The zero-order valence-corrected chi connectivity index (χ0v) is 24.2. The van der Waals surface area contributed by atoms with E-state index in [0.29, 0.717) is 41.3 Å². The number of fused-ring (bicyclic) bond motifs is 2. The van der Waals surface area contributed by atoms with E-state index in [1.165, 1.54) is 0 Å². The number of amides is 3. The number of allylic oxidation sites excluding steroid dienone is 1. The molecule has 0 saturated carbocycles. The van der Waals surface area contributed by atoms with Gasteiger partial charge in [0.05, 0.1) is 12.7 Å². The van der Waals surface area contributed by atoms with Crippen molar-refractivity contribution in [3.63, 3.8) is 0 Å². The van der Waals surface area contributed by atoms with E-state index >= 15 is 0 Å². The second kappa shape index (κ2) is 11.8. The van der Waals surface area contributed by atoms with Gasteiger partial charge < -0.3 is 34.9 Å². The van der Waals surface area contributed by atoms with Crippen LogP contribution >= 0.6 is 0 Å². The highest BCUT2D eigenvalue weighted by Crippen LogP contribution is 2.36. The Kier molecular flexibility index (Phi) is 7.99. The number of benzene rings is 3. The van der Waals surface area contributed by atoms with E-state index in [4.69, 9.17) is 9.47 Å². The number of methoxy groups -OCH3 is 1. The summed E-state index contributed by atoms with van der Waals surface area (Å²) in [7, 11) is 7.16. The molecule has 3 aromatic carbocycles. The lowest BCUT2D eigenvalue weighted by Gasteiger charge is -2.17. The van der Waals surface area contributed by atoms with Gasteiger partial charge >= 0.3 is 6.03 Å². The van der Waals surface area contributed by atoms with Gasteiger partial charge in [-0.25, -0.2) is 4.79 Å². The van der Waals surface area contributed by atoms with Crippen LogP contribution in [0.25, 0.3) is 17.0 Å². The molecule has 0 spiro atoms. The quantitative estimate of drug-likeness (QED) is 0.257. The Morgan fingerprint density at radius 1 is 1.02 bits per heavy atom. The molecule has 0 atom stereocenters. The van der Waals surface area contributed by atoms with E-state index in [1.807, 2.05) is 39.2 Å². The molecule has 3 amide bonds. The monoisotopic (exact) mass is 567 g/mol. The van der Waals surface area contributed by atoms with Crippen molar-refractivity contribution in [2.75, 3.05) is 44.9 Å². The SMILES string of the molecule is CNCCN(C)C(=O)c1ccc(NC(=O)Nc2ccc3c(c2)C(=O)C(=Cc2c(C)n(C)c4ccc(OC)cc24)O3)cc1. The molecule has 0 radical (unpaired) electrons. The smallest absolute Gasteiger partial charge is 0.323 e. The zero-order valence-electron chi connectivity index (χ0n) is 24.2. The van der Waals surface area contributed by atoms with Gasteiger partial charge in [-0.3, -0.25) is 9.59 Å². The molecule has 1 aromatic heterocycles. The molecule has 0 fully saturated rings. The Morgan fingerprint density at radius 3 is 2.45 bits per heavy atom. The van der Waals surface area contributed by atoms with Crippen molar-refractivity contribution in [1.82, 2.24) is 14.8 Å². The van der Waals surface area contributed by atoms with Crippen molar-refractivity contribution in [3.8, 4) is 11.5 Å². The fraction of sp³-hybridized carbons (Fsp3) is 0.219. The van der Waals surface area contributed by atoms with E-state index in [0.717, 1.165) is 27.9 Å². The molecule has 2 heterocycles. The maximum atomic E-state index is 13.3. The summed E-state index contributed by atoms with van der Waals surface area (Å²) in [5.41, 5.74) is 4.72. The summed E-state index contributed by atoms with van der Waals surface area (Å²) in [5, 5.41) is 9.47. The van der Waals surface area contributed by atoms with Crippen LogP contribution in [0.4, 0.5) is 16.2 Å². The number of hydrogen-bond acceptors (Lipinski definition) is 6. The molecule has 0 saturated heterocycles. The van der Waals surface area contributed by atoms with Gasteiger partial charge in [0.2, 0.25) is 5.78 Å². The van der Waals surface area contributed by atoms with Crippen LogP contribution in [-0.4, -0.2) is 61.5 Å². The van der Waals surface area contributed by atoms with Crippen LogP contribution in [0.1, 0.15) is 32.0 Å². The summed E-state index contributed by atoms with van der Waals surface area (Å²) in [6.45, 7) is 3.27. The number of hydrogen-bond donors (Lipinski definition) is 3. The fourth-order valence-electron chi connectivity index (χ4n) is 4.88. The predicted molar refractivity (Wildman–Crippen MR) is 164 cm³/mol. The van der Waals surface area contributed by atoms with Crippen LogP contribution in [0, 0.1) is 6.92 Å². The van der Waals surface area contributed by atoms with Crippen LogP contribution < -0.4 is 25.4 Å². The Hall–Kier alpha value is -5.09. The number of likely N-dealkylation sites (N-methyl/N-ethyl adjacent to an activating group) is 2.